The van der Waals surface area contributed by atoms with Crippen LogP contribution in [0.15, 0.2) is 73.2 Å². The van der Waals surface area contributed by atoms with Crippen LogP contribution in [0.1, 0.15) is 11.1 Å². The summed E-state index contributed by atoms with van der Waals surface area (Å²) < 4.78 is 0. The monoisotopic (exact) mass is 615 g/mol. The van der Waals surface area contributed by atoms with E-state index < -0.39 is 28.9 Å². The molecule has 0 saturated heterocycles. The topological polar surface area (TPSA) is 295 Å². The molecule has 0 amide bonds. The number of fused-ring (bicyclic) bond motifs is 3. The van der Waals surface area contributed by atoms with Gasteiger partial charge in [-0.3, -0.25) is 19.7 Å². The molecule has 2 atom stereocenters. The molecule has 15 heteroatoms. The number of carboxylic acids is 2. The van der Waals surface area contributed by atoms with Crippen molar-refractivity contribution in [2.45, 2.75) is 24.9 Å². The Kier molecular flexibility index (Phi) is 9.56. The van der Waals surface area contributed by atoms with E-state index in [2.05, 4.69) is 15.0 Å². The van der Waals surface area contributed by atoms with Crippen molar-refractivity contribution in [1.29, 1.82) is 0 Å². The van der Waals surface area contributed by atoms with E-state index in [0.29, 0.717) is 28.6 Å². The third-order valence-corrected chi connectivity index (χ3v) is 6.94. The van der Waals surface area contributed by atoms with Crippen LogP contribution in [0.4, 0.5) is 22.7 Å². The van der Waals surface area contributed by atoms with Crippen molar-refractivity contribution in [3.63, 3.8) is 0 Å². The molecule has 0 saturated carbocycles. The van der Waals surface area contributed by atoms with Gasteiger partial charge >= 0.3 is 11.9 Å². The maximum absolute atomic E-state index is 11.0. The van der Waals surface area contributed by atoms with E-state index in [1.165, 1.54) is 17.6 Å². The molecule has 0 fully saturated rings. The molecule has 2 unspecified atom stereocenters. The lowest BCUT2D eigenvalue weighted by molar-refractivity contribution is -0.383. The molecule has 0 aliphatic carbocycles. The fraction of sp³-hybridized carbons (Fsp3) is 0.133. The maximum Gasteiger partial charge on any atom is 0.320 e. The van der Waals surface area contributed by atoms with Crippen molar-refractivity contribution in [2.75, 3.05) is 17.2 Å². The van der Waals surface area contributed by atoms with Crippen LogP contribution < -0.4 is 28.7 Å². The molecule has 15 N–H and O–H groups in total. The number of hydrogen-bond acceptors (Lipinski definition) is 9. The summed E-state index contributed by atoms with van der Waals surface area (Å²) in [6.07, 6.45) is 5.50. The van der Waals surface area contributed by atoms with Crippen LogP contribution in [0.5, 0.6) is 0 Å². The number of aromatic nitrogens is 3. The summed E-state index contributed by atoms with van der Waals surface area (Å²) >= 11 is 0. The Bertz CT molecular complexity index is 1990. The molecular formula is C30H33N9O6. The lowest BCUT2D eigenvalue weighted by atomic mass is 10.0. The Morgan fingerprint density at radius 2 is 1.29 bits per heavy atom. The lowest BCUT2D eigenvalue weighted by Gasteiger charge is -2.05. The number of nitrogen functional groups attached to an aromatic ring is 3. The summed E-state index contributed by atoms with van der Waals surface area (Å²) in [4.78, 5) is 40.8. The van der Waals surface area contributed by atoms with Crippen molar-refractivity contribution < 1.29 is 24.7 Å². The molecule has 6 rings (SSSR count). The number of non-ortho nitro benzene ring substituents is 1. The first-order valence-corrected chi connectivity index (χ1v) is 13.5. The van der Waals surface area contributed by atoms with E-state index in [0.717, 1.165) is 27.7 Å². The van der Waals surface area contributed by atoms with Gasteiger partial charge < -0.3 is 53.8 Å². The van der Waals surface area contributed by atoms with E-state index in [-0.39, 0.29) is 17.8 Å². The second-order valence-corrected chi connectivity index (χ2v) is 10.3. The highest BCUT2D eigenvalue weighted by molar-refractivity contribution is 5.95. The van der Waals surface area contributed by atoms with E-state index >= 15 is 0 Å². The smallest absolute Gasteiger partial charge is 0.320 e. The highest BCUT2D eigenvalue weighted by Crippen LogP contribution is 2.31. The molecule has 0 bridgehead atoms. The van der Waals surface area contributed by atoms with E-state index in [1.807, 2.05) is 42.6 Å². The number of rotatable bonds is 7. The van der Waals surface area contributed by atoms with Crippen molar-refractivity contribution in [3.8, 4) is 0 Å². The number of aliphatic carboxylic acids is 2. The number of carbonyl (C=O) groups is 2. The second-order valence-electron chi connectivity index (χ2n) is 10.3. The molecule has 6 aromatic rings. The van der Waals surface area contributed by atoms with Gasteiger partial charge in [0.05, 0.1) is 15.8 Å². The van der Waals surface area contributed by atoms with Gasteiger partial charge in [-0.05, 0) is 52.9 Å². The molecule has 3 aromatic heterocycles. The quantitative estimate of drug-likeness (QED) is 0.0706. The maximum atomic E-state index is 11.0. The third kappa shape index (κ3) is 7.67. The van der Waals surface area contributed by atoms with Crippen molar-refractivity contribution in [3.05, 3.63) is 94.4 Å². The molecule has 45 heavy (non-hydrogen) atoms. The van der Waals surface area contributed by atoms with Crippen LogP contribution in [-0.2, 0) is 22.4 Å². The molecule has 3 aromatic carbocycles. The fourth-order valence-corrected chi connectivity index (χ4v) is 4.73. The van der Waals surface area contributed by atoms with Gasteiger partial charge in [-0.15, -0.1) is 0 Å². The Labute approximate surface area is 255 Å². The van der Waals surface area contributed by atoms with Crippen LogP contribution in [0.2, 0.25) is 0 Å². The summed E-state index contributed by atoms with van der Waals surface area (Å²) in [5.41, 5.74) is 33.1. The first-order chi connectivity index (χ1) is 21.3. The minimum absolute atomic E-state index is 0.0000907. The minimum Gasteiger partial charge on any atom is -0.480 e. The number of nitrogens with two attached hydrogens (primary N) is 5. The zero-order valence-electron chi connectivity index (χ0n) is 23.9. The average Bonchev–Trinajstić information content (AvgIpc) is 3.71. The molecule has 0 aliphatic heterocycles. The van der Waals surface area contributed by atoms with Gasteiger partial charge in [-0.25, -0.2) is 0 Å². The van der Waals surface area contributed by atoms with Gasteiger partial charge in [0.1, 0.15) is 12.1 Å². The minimum atomic E-state index is -1.16. The largest absolute Gasteiger partial charge is 0.480 e. The van der Waals surface area contributed by atoms with Crippen molar-refractivity contribution in [2.24, 2.45) is 11.5 Å². The lowest BCUT2D eigenvalue weighted by Crippen LogP contribution is -2.32. The number of nitrogens with zero attached hydrogens (tertiary/aromatic N) is 1. The molecule has 234 valence electrons. The van der Waals surface area contributed by atoms with Crippen molar-refractivity contribution >= 4 is 67.4 Å². The zero-order valence-corrected chi connectivity index (χ0v) is 23.9. The molecule has 3 heterocycles. The summed E-state index contributed by atoms with van der Waals surface area (Å²) in [6, 6.07) is 14.1. The first kappa shape index (κ1) is 31.9. The Morgan fingerprint density at radius 3 is 1.93 bits per heavy atom. The SMILES string of the molecule is Nc1cc([N+](=O)[O-])c2c(CC(N)C(=O)O)c[nH]c2c1.Nc1ccc2c(CC(N)C(=O)O)c[nH]c2c1.Nc1ccc2cc[nH]c2c1. The van der Waals surface area contributed by atoms with Crippen LogP contribution in [0.3, 0.4) is 0 Å². The number of H-pyrrole nitrogens is 3. The average molecular weight is 616 g/mol. The summed E-state index contributed by atoms with van der Waals surface area (Å²) in [7, 11) is 0. The highest BCUT2D eigenvalue weighted by Gasteiger charge is 2.21. The van der Waals surface area contributed by atoms with Gasteiger partial charge in [0.25, 0.3) is 5.69 Å². The number of carboxylic acid groups (broad SMARTS) is 2. The number of nitro groups is 1. The normalized spacial score (nSPS) is 12.1. The van der Waals surface area contributed by atoms with E-state index in [9.17, 15) is 19.7 Å². The summed E-state index contributed by atoms with van der Waals surface area (Å²) in [6.45, 7) is 0. The molecule has 15 nitrogen and oxygen atoms in total. The Morgan fingerprint density at radius 1 is 0.733 bits per heavy atom. The number of anilines is 3. The van der Waals surface area contributed by atoms with Gasteiger partial charge in [0, 0.05) is 71.0 Å². The number of benzene rings is 3. The summed E-state index contributed by atoms with van der Waals surface area (Å²) in [5, 5.41) is 31.1. The van der Waals surface area contributed by atoms with E-state index in [1.54, 1.807) is 18.3 Å². The predicted molar refractivity (Wildman–Crippen MR) is 173 cm³/mol. The number of nitrogens with one attached hydrogen (secondary N) is 3. The number of aromatic amines is 3. The number of hydrogen-bond donors (Lipinski definition) is 10. The van der Waals surface area contributed by atoms with Crippen LogP contribution in [-0.4, -0.2) is 54.1 Å². The first-order valence-electron chi connectivity index (χ1n) is 13.5. The molecule has 0 spiro atoms. The highest BCUT2D eigenvalue weighted by atomic mass is 16.6. The fourth-order valence-electron chi connectivity index (χ4n) is 4.73. The van der Waals surface area contributed by atoms with Crippen LogP contribution in [0, 0.1) is 10.1 Å². The van der Waals surface area contributed by atoms with Crippen LogP contribution >= 0.6 is 0 Å². The van der Waals surface area contributed by atoms with E-state index in [4.69, 9.17) is 38.9 Å². The Hall–Kier alpha value is -6.06. The van der Waals surface area contributed by atoms with Crippen molar-refractivity contribution in [1.82, 2.24) is 15.0 Å². The predicted octanol–water partition coefficient (Wildman–Crippen LogP) is 3.07. The Balaban J connectivity index is 0.000000160. The molecule has 0 radical (unpaired) electrons. The van der Waals surface area contributed by atoms with Gasteiger partial charge in [-0.2, -0.15) is 0 Å². The zero-order chi connectivity index (χ0) is 32.8. The van der Waals surface area contributed by atoms with Gasteiger partial charge in [0.15, 0.2) is 0 Å². The number of nitro benzene ring substituents is 1. The van der Waals surface area contributed by atoms with Gasteiger partial charge in [0.2, 0.25) is 0 Å². The standard InChI is InChI=1S/C11H12N4O4.C11H13N3O2.C8H8N2/c12-6-2-8-10(9(3-6)15(18)19)5(4-14-8)1-7(13)11(16)17;12-7-1-2-8-6(3-9(13)11(15)16)5-14-10(8)4-7;9-7-2-1-6-3-4-10-8(6)5-7/h2-4,7,14H,1,12-13H2,(H,16,17);1-2,4-5,9,14H,3,12-13H2,(H,15,16);1-5,10H,9H2. The second kappa shape index (κ2) is 13.5. The molecular weight excluding hydrogens is 582 g/mol. The third-order valence-electron chi connectivity index (χ3n) is 6.94. The van der Waals surface area contributed by atoms with Crippen LogP contribution in [0.25, 0.3) is 32.7 Å². The van der Waals surface area contributed by atoms with Gasteiger partial charge in [-0.1, -0.05) is 12.1 Å². The molecule has 0 aliphatic rings. The summed E-state index contributed by atoms with van der Waals surface area (Å²) in [5.74, 6) is -2.16.